The van der Waals surface area contributed by atoms with Gasteiger partial charge in [-0.1, -0.05) is 45.0 Å². The van der Waals surface area contributed by atoms with Crippen LogP contribution in [-0.4, -0.2) is 22.7 Å². The first-order valence-electron chi connectivity index (χ1n) is 7.99. The number of nitrogens with one attached hydrogen (secondary N) is 2. The van der Waals surface area contributed by atoms with Crippen LogP contribution in [0.25, 0.3) is 0 Å². The normalized spacial score (nSPS) is 14.0. The molecule has 0 spiro atoms. The summed E-state index contributed by atoms with van der Waals surface area (Å²) in [6.07, 6.45) is 0.973. The van der Waals surface area contributed by atoms with E-state index in [9.17, 15) is 9.90 Å². The minimum absolute atomic E-state index is 0.0770. The second kappa shape index (κ2) is 7.77. The lowest BCUT2D eigenvalue weighted by Crippen LogP contribution is -2.39. The average Bonchev–Trinajstić information content (AvgIpc) is 3.06. The Morgan fingerprint density at radius 1 is 1.29 bits per heavy atom. The summed E-state index contributed by atoms with van der Waals surface area (Å²) < 4.78 is 0. The van der Waals surface area contributed by atoms with Gasteiger partial charge in [0.05, 0.1) is 12.1 Å². The van der Waals surface area contributed by atoms with Crippen LogP contribution in [0.2, 0.25) is 0 Å². The second-order valence-corrected chi connectivity index (χ2v) is 7.76. The van der Waals surface area contributed by atoms with Crippen LogP contribution >= 0.6 is 11.3 Å². The van der Waals surface area contributed by atoms with Crippen molar-refractivity contribution in [3.05, 3.63) is 52.0 Å². The zero-order valence-electron chi connectivity index (χ0n) is 14.5. The molecule has 130 valence electrons. The molecule has 0 saturated heterocycles. The molecule has 0 bridgehead atoms. The number of carbonyl (C=O) groups excluding carboxylic acids is 1. The minimum atomic E-state index is -0.736. The predicted molar refractivity (Wildman–Crippen MR) is 97.2 cm³/mol. The third-order valence-corrected chi connectivity index (χ3v) is 4.75. The van der Waals surface area contributed by atoms with Crippen molar-refractivity contribution in [3.8, 4) is 0 Å². The van der Waals surface area contributed by atoms with Crippen LogP contribution in [0.1, 0.15) is 56.0 Å². The highest BCUT2D eigenvalue weighted by Gasteiger charge is 2.16. The molecule has 0 radical (unpaired) electrons. The van der Waals surface area contributed by atoms with Gasteiger partial charge in [-0.2, -0.15) is 0 Å². The first-order chi connectivity index (χ1) is 11.3. The highest BCUT2D eigenvalue weighted by atomic mass is 32.1. The highest BCUT2D eigenvalue weighted by Crippen LogP contribution is 2.23. The van der Waals surface area contributed by atoms with Gasteiger partial charge in [-0.05, 0) is 23.5 Å². The zero-order valence-corrected chi connectivity index (χ0v) is 15.4. The monoisotopic (exact) mass is 347 g/mol. The van der Waals surface area contributed by atoms with Gasteiger partial charge in [0.15, 0.2) is 0 Å². The van der Waals surface area contributed by atoms with Gasteiger partial charge in [-0.15, -0.1) is 11.3 Å². The van der Waals surface area contributed by atoms with Crippen LogP contribution in [0.5, 0.6) is 0 Å². The first-order valence-corrected chi connectivity index (χ1v) is 8.87. The Bertz CT molecular complexity index is 648. The molecule has 1 aromatic heterocycles. The molecule has 2 aromatic rings. The molecule has 6 heteroatoms. The van der Waals surface area contributed by atoms with Gasteiger partial charge in [-0.25, -0.2) is 9.78 Å². The number of aliphatic hydroxyl groups excluding tert-OH is 1. The first kappa shape index (κ1) is 18.4. The van der Waals surface area contributed by atoms with Gasteiger partial charge in [0, 0.05) is 18.1 Å². The lowest BCUT2D eigenvalue weighted by atomic mass is 9.86. The number of thiazole rings is 1. The molecule has 2 rings (SSSR count). The van der Waals surface area contributed by atoms with E-state index in [-0.39, 0.29) is 24.0 Å². The quantitative estimate of drug-likeness (QED) is 0.774. The van der Waals surface area contributed by atoms with Crippen LogP contribution in [0, 0.1) is 0 Å². The Morgan fingerprint density at radius 3 is 2.50 bits per heavy atom. The number of benzene rings is 1. The molecule has 0 saturated carbocycles. The van der Waals surface area contributed by atoms with Crippen molar-refractivity contribution >= 4 is 17.4 Å². The Balaban J connectivity index is 1.84. The molecular formula is C18H25N3O2S. The molecule has 1 aromatic carbocycles. The van der Waals surface area contributed by atoms with E-state index < -0.39 is 6.10 Å². The van der Waals surface area contributed by atoms with Crippen LogP contribution in [0.15, 0.2) is 35.8 Å². The van der Waals surface area contributed by atoms with Crippen molar-refractivity contribution in [1.29, 1.82) is 0 Å². The topological polar surface area (TPSA) is 74.2 Å². The molecule has 2 amide bonds. The molecule has 0 unspecified atom stereocenters. The van der Waals surface area contributed by atoms with E-state index in [0.717, 1.165) is 10.6 Å². The van der Waals surface area contributed by atoms with Gasteiger partial charge in [0.2, 0.25) is 0 Å². The summed E-state index contributed by atoms with van der Waals surface area (Å²) in [7, 11) is 0. The summed E-state index contributed by atoms with van der Waals surface area (Å²) in [5, 5.41) is 18.5. The SMILES string of the molecule is C[C@H](NC(=O)NC[C@H](O)c1ccc(C(C)(C)C)cc1)c1nccs1. The summed E-state index contributed by atoms with van der Waals surface area (Å²) in [6.45, 7) is 8.47. The summed E-state index contributed by atoms with van der Waals surface area (Å²) in [5.74, 6) is 0. The number of amides is 2. The highest BCUT2D eigenvalue weighted by molar-refractivity contribution is 7.09. The van der Waals surface area contributed by atoms with Crippen molar-refractivity contribution in [3.63, 3.8) is 0 Å². The fraction of sp³-hybridized carbons (Fsp3) is 0.444. The van der Waals surface area contributed by atoms with Gasteiger partial charge < -0.3 is 15.7 Å². The lowest BCUT2D eigenvalue weighted by Gasteiger charge is -2.20. The summed E-state index contributed by atoms with van der Waals surface area (Å²) in [4.78, 5) is 16.1. The van der Waals surface area contributed by atoms with Crippen molar-refractivity contribution in [2.45, 2.75) is 45.3 Å². The molecule has 1 heterocycles. The van der Waals surface area contributed by atoms with Gasteiger partial charge in [0.25, 0.3) is 0 Å². The molecule has 5 nitrogen and oxygen atoms in total. The fourth-order valence-corrected chi connectivity index (χ4v) is 2.92. The number of nitrogens with zero attached hydrogens (tertiary/aromatic N) is 1. The molecule has 3 N–H and O–H groups in total. The Morgan fingerprint density at radius 2 is 1.96 bits per heavy atom. The molecule has 0 aliphatic carbocycles. The second-order valence-electron chi connectivity index (χ2n) is 6.83. The van der Waals surface area contributed by atoms with E-state index in [1.165, 1.54) is 16.9 Å². The van der Waals surface area contributed by atoms with E-state index in [1.807, 2.05) is 36.6 Å². The number of carbonyl (C=O) groups is 1. The number of urea groups is 1. The van der Waals surface area contributed by atoms with E-state index >= 15 is 0 Å². The Labute approximate surface area is 147 Å². The van der Waals surface area contributed by atoms with Crippen molar-refractivity contribution in [2.75, 3.05) is 6.54 Å². The largest absolute Gasteiger partial charge is 0.387 e. The van der Waals surface area contributed by atoms with Crippen LogP contribution in [0.4, 0.5) is 4.79 Å². The predicted octanol–water partition coefficient (Wildman–Crippen LogP) is 3.53. The Kier molecular flexibility index (Phi) is 5.96. The van der Waals surface area contributed by atoms with Crippen molar-refractivity contribution in [1.82, 2.24) is 15.6 Å². The van der Waals surface area contributed by atoms with E-state index in [2.05, 4.69) is 36.4 Å². The van der Waals surface area contributed by atoms with Crippen LogP contribution in [0.3, 0.4) is 0 Å². The number of hydrogen-bond acceptors (Lipinski definition) is 4. The zero-order chi connectivity index (χ0) is 17.7. The van der Waals surface area contributed by atoms with Gasteiger partial charge in [-0.3, -0.25) is 0 Å². The van der Waals surface area contributed by atoms with Crippen LogP contribution in [-0.2, 0) is 5.41 Å². The van der Waals surface area contributed by atoms with Crippen molar-refractivity contribution in [2.24, 2.45) is 0 Å². The lowest BCUT2D eigenvalue weighted by molar-refractivity contribution is 0.172. The van der Waals surface area contributed by atoms with Gasteiger partial charge in [0.1, 0.15) is 5.01 Å². The smallest absolute Gasteiger partial charge is 0.315 e. The number of hydrogen-bond donors (Lipinski definition) is 3. The van der Waals surface area contributed by atoms with E-state index in [4.69, 9.17) is 0 Å². The summed E-state index contributed by atoms with van der Waals surface area (Å²) in [6, 6.07) is 7.37. The molecular weight excluding hydrogens is 322 g/mol. The van der Waals surface area contributed by atoms with Gasteiger partial charge >= 0.3 is 6.03 Å². The minimum Gasteiger partial charge on any atom is -0.387 e. The summed E-state index contributed by atoms with van der Waals surface area (Å²) >= 11 is 1.49. The van der Waals surface area contributed by atoms with Crippen LogP contribution < -0.4 is 10.6 Å². The maximum Gasteiger partial charge on any atom is 0.315 e. The Hall–Kier alpha value is -1.92. The standard InChI is InChI=1S/C18H25N3O2S/c1-12(16-19-9-10-24-16)21-17(23)20-11-15(22)13-5-7-14(8-6-13)18(2,3)4/h5-10,12,15,22H,11H2,1-4H3,(H2,20,21,23)/t12-,15-/m0/s1. The fourth-order valence-electron chi connectivity index (χ4n) is 2.27. The molecule has 2 atom stereocenters. The average molecular weight is 347 g/mol. The molecule has 0 aliphatic heterocycles. The van der Waals surface area contributed by atoms with Crippen molar-refractivity contribution < 1.29 is 9.90 Å². The molecule has 0 aliphatic rings. The number of aliphatic hydroxyl groups is 1. The third kappa shape index (κ3) is 5.04. The van der Waals surface area contributed by atoms with E-state index in [1.54, 1.807) is 6.20 Å². The third-order valence-electron chi connectivity index (χ3n) is 3.79. The maximum absolute atomic E-state index is 11.9. The molecule has 0 fully saturated rings. The number of rotatable bonds is 5. The maximum atomic E-state index is 11.9. The van der Waals surface area contributed by atoms with E-state index in [0.29, 0.717) is 0 Å². The molecule has 24 heavy (non-hydrogen) atoms. The summed E-state index contributed by atoms with van der Waals surface area (Å²) in [5.41, 5.74) is 2.07. The number of aromatic nitrogens is 1.